The van der Waals surface area contributed by atoms with Crippen LogP contribution in [-0.2, 0) is 27.5 Å². The van der Waals surface area contributed by atoms with E-state index in [4.69, 9.17) is 24.5 Å². The Morgan fingerprint density at radius 3 is 2.05 bits per heavy atom. The molecule has 0 radical (unpaired) electrons. The van der Waals surface area contributed by atoms with Crippen molar-refractivity contribution in [3.63, 3.8) is 0 Å². The molecular weight excluding hydrogens is 542 g/mol. The second kappa shape index (κ2) is 13.6. The summed E-state index contributed by atoms with van der Waals surface area (Å²) in [6, 6.07) is 5.75. The van der Waals surface area contributed by atoms with Crippen LogP contribution in [0.1, 0.15) is 18.5 Å². The van der Waals surface area contributed by atoms with Crippen LogP contribution in [-0.4, -0.2) is 73.2 Å². The van der Waals surface area contributed by atoms with Crippen LogP contribution < -0.4 is 4.74 Å². The first-order chi connectivity index (χ1) is 18.2. The van der Waals surface area contributed by atoms with Gasteiger partial charge in [-0.05, 0) is 31.0 Å². The minimum atomic E-state index is -5.08. The van der Waals surface area contributed by atoms with Crippen LogP contribution in [0.4, 0.5) is 26.3 Å². The van der Waals surface area contributed by atoms with Gasteiger partial charge in [-0.25, -0.2) is 9.59 Å². The second-order valence-corrected chi connectivity index (χ2v) is 8.33. The predicted octanol–water partition coefficient (Wildman–Crippen LogP) is 3.55. The van der Waals surface area contributed by atoms with Gasteiger partial charge in [-0.15, -0.1) is 0 Å². The molecule has 3 heterocycles. The first-order valence-electron chi connectivity index (χ1n) is 11.3. The van der Waals surface area contributed by atoms with E-state index in [0.717, 1.165) is 30.8 Å². The summed E-state index contributed by atoms with van der Waals surface area (Å²) in [6.45, 7) is 2.62. The summed E-state index contributed by atoms with van der Waals surface area (Å²) in [6.07, 6.45) is 0.991. The highest BCUT2D eigenvalue weighted by atomic mass is 19.4. The standard InChI is InChI=1S/C19H22N4O2.2C2HF3O2/c24-19(16-4-1-2-5-16)22-11-15(12-23-17(13-22)7-9-21-23)14-25-18-6-3-8-20-10-18;2*3-2(4,5)1(6)7/h1-3,6-10,15-16H,4-5,11-14H2;2*(H,6,7). The molecule has 214 valence electrons. The Kier molecular flexibility index (Phi) is 10.9. The molecule has 4 rings (SSSR count). The van der Waals surface area contributed by atoms with E-state index in [-0.39, 0.29) is 17.7 Å². The SMILES string of the molecule is O=C(C1CC=CC1)N1Cc2ccnn2CC(COc2cccnc2)C1.O=C(O)C(F)(F)F.O=C(O)C(F)(F)F. The largest absolute Gasteiger partial charge is 0.492 e. The second-order valence-electron chi connectivity index (χ2n) is 8.33. The number of aromatic nitrogens is 3. The molecule has 1 aliphatic carbocycles. The number of fused-ring (bicyclic) bond motifs is 1. The van der Waals surface area contributed by atoms with Gasteiger partial charge in [0.25, 0.3) is 0 Å². The predicted molar refractivity (Wildman–Crippen MR) is 120 cm³/mol. The number of ether oxygens (including phenoxy) is 1. The summed E-state index contributed by atoms with van der Waals surface area (Å²) in [4.78, 5) is 36.8. The van der Waals surface area contributed by atoms with Crippen LogP contribution in [0.15, 0.2) is 48.9 Å². The first kappa shape index (κ1) is 31.1. The van der Waals surface area contributed by atoms with Crippen molar-refractivity contribution < 1.29 is 55.7 Å². The van der Waals surface area contributed by atoms with Crippen molar-refractivity contribution in [3.8, 4) is 5.75 Å². The number of aliphatic carboxylic acids is 2. The number of amides is 1. The number of hydrogen-bond donors (Lipinski definition) is 2. The highest BCUT2D eigenvalue weighted by molar-refractivity contribution is 5.79. The number of nitrogens with zero attached hydrogens (tertiary/aromatic N) is 4. The van der Waals surface area contributed by atoms with E-state index in [0.29, 0.717) is 19.7 Å². The molecule has 1 atom stereocenters. The van der Waals surface area contributed by atoms with Crippen LogP contribution in [0.3, 0.4) is 0 Å². The summed E-state index contributed by atoms with van der Waals surface area (Å²) in [5.41, 5.74) is 1.09. The third kappa shape index (κ3) is 10.3. The Balaban J connectivity index is 0.000000317. The molecule has 0 saturated carbocycles. The molecule has 10 nitrogen and oxygen atoms in total. The number of allylic oxidation sites excluding steroid dienone is 2. The van der Waals surface area contributed by atoms with E-state index in [1.165, 1.54) is 0 Å². The highest BCUT2D eigenvalue weighted by Gasteiger charge is 2.39. The van der Waals surface area contributed by atoms with Crippen LogP contribution in [0.5, 0.6) is 5.75 Å². The van der Waals surface area contributed by atoms with Gasteiger partial charge >= 0.3 is 24.3 Å². The number of halogens is 6. The lowest BCUT2D eigenvalue weighted by molar-refractivity contribution is -0.193. The summed E-state index contributed by atoms with van der Waals surface area (Å²) in [5, 5.41) is 18.7. The van der Waals surface area contributed by atoms with E-state index >= 15 is 0 Å². The quantitative estimate of drug-likeness (QED) is 0.424. The molecule has 0 fully saturated rings. The number of alkyl halides is 6. The van der Waals surface area contributed by atoms with Crippen molar-refractivity contribution in [2.45, 2.75) is 38.3 Å². The lowest BCUT2D eigenvalue weighted by atomic mass is 10.0. The van der Waals surface area contributed by atoms with E-state index in [2.05, 4.69) is 22.2 Å². The molecule has 1 aliphatic heterocycles. The van der Waals surface area contributed by atoms with E-state index in [1.807, 2.05) is 27.8 Å². The fraction of sp³-hybridized carbons (Fsp3) is 0.435. The molecule has 0 spiro atoms. The summed E-state index contributed by atoms with van der Waals surface area (Å²) in [5.74, 6) is -4.23. The number of carbonyl (C=O) groups is 3. The maximum atomic E-state index is 12.9. The Labute approximate surface area is 217 Å². The van der Waals surface area contributed by atoms with Crippen molar-refractivity contribution >= 4 is 17.8 Å². The Bertz CT molecular complexity index is 1100. The fourth-order valence-corrected chi connectivity index (χ4v) is 3.53. The molecular formula is C23H24F6N4O6. The van der Waals surface area contributed by atoms with Crippen molar-refractivity contribution in [3.05, 3.63) is 54.6 Å². The zero-order chi connectivity index (χ0) is 29.2. The topological polar surface area (TPSA) is 135 Å². The summed E-state index contributed by atoms with van der Waals surface area (Å²) >= 11 is 0. The molecule has 0 bridgehead atoms. The molecule has 16 heteroatoms. The average Bonchev–Trinajstić information content (AvgIpc) is 3.52. The van der Waals surface area contributed by atoms with Gasteiger partial charge in [-0.1, -0.05) is 12.2 Å². The molecule has 2 N–H and O–H groups in total. The van der Waals surface area contributed by atoms with Gasteiger partial charge in [0.2, 0.25) is 5.91 Å². The number of pyridine rings is 1. The van der Waals surface area contributed by atoms with Gasteiger partial charge in [0.1, 0.15) is 5.75 Å². The maximum Gasteiger partial charge on any atom is 0.490 e. The lowest BCUT2D eigenvalue weighted by Crippen LogP contribution is -2.38. The van der Waals surface area contributed by atoms with E-state index in [1.54, 1.807) is 18.6 Å². The van der Waals surface area contributed by atoms with Gasteiger partial charge < -0.3 is 19.8 Å². The van der Waals surface area contributed by atoms with Gasteiger partial charge in [-0.2, -0.15) is 31.4 Å². The Morgan fingerprint density at radius 1 is 0.949 bits per heavy atom. The van der Waals surface area contributed by atoms with E-state index < -0.39 is 24.3 Å². The normalized spacial score (nSPS) is 17.1. The lowest BCUT2D eigenvalue weighted by Gasteiger charge is -2.26. The molecule has 0 aromatic carbocycles. The van der Waals surface area contributed by atoms with Crippen molar-refractivity contribution in [2.75, 3.05) is 13.2 Å². The fourth-order valence-electron chi connectivity index (χ4n) is 3.53. The van der Waals surface area contributed by atoms with Crippen molar-refractivity contribution in [2.24, 2.45) is 11.8 Å². The number of hydrogen-bond acceptors (Lipinski definition) is 6. The first-order valence-corrected chi connectivity index (χ1v) is 11.3. The number of carboxylic acid groups (broad SMARTS) is 2. The molecule has 1 amide bonds. The minimum absolute atomic E-state index is 0.0920. The summed E-state index contributed by atoms with van der Waals surface area (Å²) < 4.78 is 71.4. The minimum Gasteiger partial charge on any atom is -0.492 e. The molecule has 2 aromatic heterocycles. The third-order valence-electron chi connectivity index (χ3n) is 5.34. The highest BCUT2D eigenvalue weighted by Crippen LogP contribution is 2.24. The molecule has 1 unspecified atom stereocenters. The molecule has 39 heavy (non-hydrogen) atoms. The van der Waals surface area contributed by atoms with E-state index in [9.17, 15) is 31.1 Å². The van der Waals surface area contributed by atoms with Crippen LogP contribution in [0.25, 0.3) is 0 Å². The average molecular weight is 566 g/mol. The zero-order valence-corrected chi connectivity index (χ0v) is 20.1. The van der Waals surface area contributed by atoms with Gasteiger partial charge in [-0.3, -0.25) is 14.5 Å². The van der Waals surface area contributed by atoms with Crippen LogP contribution in [0.2, 0.25) is 0 Å². The molecule has 2 aromatic rings. The number of carboxylic acids is 2. The van der Waals surface area contributed by atoms with Gasteiger partial charge in [0.15, 0.2) is 0 Å². The monoisotopic (exact) mass is 566 g/mol. The smallest absolute Gasteiger partial charge is 0.490 e. The van der Waals surface area contributed by atoms with Crippen molar-refractivity contribution in [1.82, 2.24) is 19.7 Å². The zero-order valence-electron chi connectivity index (χ0n) is 20.1. The molecule has 0 saturated heterocycles. The van der Waals surface area contributed by atoms with Crippen LogP contribution in [0, 0.1) is 11.8 Å². The maximum absolute atomic E-state index is 12.9. The number of carbonyl (C=O) groups excluding carboxylic acids is 1. The Morgan fingerprint density at radius 2 is 1.54 bits per heavy atom. The van der Waals surface area contributed by atoms with Gasteiger partial charge in [0.05, 0.1) is 25.0 Å². The number of rotatable bonds is 4. The molecule has 2 aliphatic rings. The summed E-state index contributed by atoms with van der Waals surface area (Å²) in [7, 11) is 0. The third-order valence-corrected chi connectivity index (χ3v) is 5.34. The van der Waals surface area contributed by atoms with Gasteiger partial charge in [0, 0.05) is 37.3 Å². The Hall–Kier alpha value is -4.11. The van der Waals surface area contributed by atoms with Crippen molar-refractivity contribution in [1.29, 1.82) is 0 Å². The van der Waals surface area contributed by atoms with Crippen LogP contribution >= 0.6 is 0 Å².